The molecule has 0 aliphatic heterocycles. The third kappa shape index (κ3) is 2.75. The minimum absolute atomic E-state index is 0.0166. The number of nitrogen functional groups attached to an aromatic ring is 1. The third-order valence-corrected chi connectivity index (χ3v) is 2.71. The molecule has 1 amide bonds. The number of nitrogens with zero attached hydrogens (tertiary/aromatic N) is 3. The molecule has 4 N–H and O–H groups in total. The predicted molar refractivity (Wildman–Crippen MR) is 76.1 cm³/mol. The molecule has 10 heteroatoms. The van der Waals surface area contributed by atoms with E-state index in [4.69, 9.17) is 14.6 Å². The van der Waals surface area contributed by atoms with Crippen LogP contribution in [0.3, 0.4) is 0 Å². The molecular weight excluding hydrogens is 292 g/mol. The predicted octanol–water partition coefficient (Wildman–Crippen LogP) is 1.58. The van der Waals surface area contributed by atoms with E-state index in [2.05, 4.69) is 30.3 Å². The molecule has 0 unspecified atom stereocenters. The van der Waals surface area contributed by atoms with Crippen molar-refractivity contribution in [2.75, 3.05) is 23.5 Å². The maximum atomic E-state index is 11.2. The topological polar surface area (TPSA) is 141 Å². The molecular formula is C12H12N6O4. The van der Waals surface area contributed by atoms with E-state index < -0.39 is 6.09 Å². The van der Waals surface area contributed by atoms with E-state index in [9.17, 15) is 4.79 Å². The van der Waals surface area contributed by atoms with Gasteiger partial charge in [0, 0.05) is 12.1 Å². The smallest absolute Gasteiger partial charge is 0.414 e. The van der Waals surface area contributed by atoms with E-state index in [1.165, 1.54) is 7.11 Å². The SMILES string of the molecule is COC(=O)Nc1nc2c(NCc3ccoc3)nc(N)nc2o1. The molecule has 0 bridgehead atoms. The van der Waals surface area contributed by atoms with Crippen molar-refractivity contribution < 1.29 is 18.4 Å². The van der Waals surface area contributed by atoms with Gasteiger partial charge in [0.2, 0.25) is 5.95 Å². The largest absolute Gasteiger partial charge is 0.472 e. The zero-order chi connectivity index (χ0) is 15.5. The number of hydrogen-bond donors (Lipinski definition) is 3. The fourth-order valence-electron chi connectivity index (χ4n) is 1.73. The van der Waals surface area contributed by atoms with Crippen molar-refractivity contribution in [1.82, 2.24) is 15.0 Å². The quantitative estimate of drug-likeness (QED) is 0.654. The van der Waals surface area contributed by atoms with Gasteiger partial charge < -0.3 is 24.6 Å². The second kappa shape index (κ2) is 5.60. The summed E-state index contributed by atoms with van der Waals surface area (Å²) in [6.07, 6.45) is 2.46. The van der Waals surface area contributed by atoms with Crippen molar-refractivity contribution in [3.63, 3.8) is 0 Å². The first kappa shape index (κ1) is 13.7. The van der Waals surface area contributed by atoms with Crippen LogP contribution in [0.5, 0.6) is 0 Å². The first-order chi connectivity index (χ1) is 10.7. The monoisotopic (exact) mass is 304 g/mol. The minimum Gasteiger partial charge on any atom is -0.472 e. The van der Waals surface area contributed by atoms with Crippen molar-refractivity contribution in [3.05, 3.63) is 24.2 Å². The number of ether oxygens (including phenoxy) is 1. The van der Waals surface area contributed by atoms with Gasteiger partial charge in [0.25, 0.3) is 5.71 Å². The molecule has 0 atom stereocenters. The Balaban J connectivity index is 1.89. The standard InChI is InChI=1S/C12H12N6O4/c1-20-12(19)18-11-15-7-8(14-4-6-2-3-21-5-6)16-10(13)17-9(7)22-11/h2-3,5H,4H2,1H3,(H,15,18,19)(H3,13,14,16,17). The minimum atomic E-state index is -0.708. The number of aromatic nitrogens is 3. The van der Waals surface area contributed by atoms with Gasteiger partial charge in [-0.25, -0.2) is 10.1 Å². The first-order valence-electron chi connectivity index (χ1n) is 6.19. The lowest BCUT2D eigenvalue weighted by Crippen LogP contribution is -2.10. The maximum Gasteiger partial charge on any atom is 0.414 e. The van der Waals surface area contributed by atoms with Crippen LogP contribution in [0, 0.1) is 0 Å². The first-order valence-corrected chi connectivity index (χ1v) is 6.19. The fourth-order valence-corrected chi connectivity index (χ4v) is 1.73. The summed E-state index contributed by atoms with van der Waals surface area (Å²) in [5.41, 5.74) is 7.03. The van der Waals surface area contributed by atoms with Crippen molar-refractivity contribution in [2.24, 2.45) is 0 Å². The number of anilines is 3. The molecule has 3 aromatic heterocycles. The van der Waals surface area contributed by atoms with Crippen LogP contribution in [-0.4, -0.2) is 28.2 Å². The van der Waals surface area contributed by atoms with Gasteiger partial charge in [0.05, 0.1) is 19.6 Å². The van der Waals surface area contributed by atoms with E-state index in [-0.39, 0.29) is 17.7 Å². The second-order valence-corrected chi connectivity index (χ2v) is 4.20. The molecule has 0 fully saturated rings. The summed E-state index contributed by atoms with van der Waals surface area (Å²) < 4.78 is 14.7. The molecule has 3 heterocycles. The van der Waals surface area contributed by atoms with Crippen LogP contribution in [0.1, 0.15) is 5.56 Å². The Bertz CT molecular complexity index is 797. The van der Waals surface area contributed by atoms with Gasteiger partial charge in [-0.1, -0.05) is 0 Å². The molecule has 0 saturated carbocycles. The number of fused-ring (bicyclic) bond motifs is 1. The summed E-state index contributed by atoms with van der Waals surface area (Å²) in [5.74, 6) is 0.397. The lowest BCUT2D eigenvalue weighted by Gasteiger charge is -2.04. The Labute approximate surface area is 123 Å². The summed E-state index contributed by atoms with van der Waals surface area (Å²) in [5, 5.41) is 5.36. The van der Waals surface area contributed by atoms with E-state index in [0.717, 1.165) is 5.56 Å². The summed E-state index contributed by atoms with van der Waals surface area (Å²) in [6.45, 7) is 0.453. The van der Waals surface area contributed by atoms with Crippen LogP contribution in [0.15, 0.2) is 27.4 Å². The van der Waals surface area contributed by atoms with Crippen LogP contribution < -0.4 is 16.4 Å². The average Bonchev–Trinajstić information content (AvgIpc) is 3.13. The normalized spacial score (nSPS) is 10.6. The maximum absolute atomic E-state index is 11.2. The highest BCUT2D eigenvalue weighted by Gasteiger charge is 2.16. The van der Waals surface area contributed by atoms with E-state index in [0.29, 0.717) is 17.9 Å². The number of oxazole rings is 1. The lowest BCUT2D eigenvalue weighted by molar-refractivity contribution is 0.186. The van der Waals surface area contributed by atoms with Crippen molar-refractivity contribution in [2.45, 2.75) is 6.54 Å². The Hall–Kier alpha value is -3.30. The molecule has 0 aromatic carbocycles. The zero-order valence-corrected chi connectivity index (χ0v) is 11.5. The highest BCUT2D eigenvalue weighted by Crippen LogP contribution is 2.24. The Morgan fingerprint density at radius 2 is 2.27 bits per heavy atom. The number of hydrogen-bond acceptors (Lipinski definition) is 9. The number of methoxy groups -OCH3 is 1. The van der Waals surface area contributed by atoms with Crippen LogP contribution in [0.4, 0.5) is 22.6 Å². The Morgan fingerprint density at radius 3 is 3.00 bits per heavy atom. The molecule has 0 radical (unpaired) electrons. The van der Waals surface area contributed by atoms with Gasteiger partial charge in [-0.2, -0.15) is 15.0 Å². The van der Waals surface area contributed by atoms with Gasteiger partial charge in [0.15, 0.2) is 11.3 Å². The van der Waals surface area contributed by atoms with Crippen LogP contribution in [0.2, 0.25) is 0 Å². The number of carbonyl (C=O) groups excluding carboxylic acids is 1. The summed E-state index contributed by atoms with van der Waals surface area (Å²) in [6, 6.07) is 1.75. The van der Waals surface area contributed by atoms with Crippen molar-refractivity contribution in [1.29, 1.82) is 0 Å². The molecule has 114 valence electrons. The summed E-state index contributed by atoms with van der Waals surface area (Å²) in [4.78, 5) is 23.3. The van der Waals surface area contributed by atoms with Gasteiger partial charge in [0.1, 0.15) is 0 Å². The van der Waals surface area contributed by atoms with Gasteiger partial charge in [-0.3, -0.25) is 0 Å². The van der Waals surface area contributed by atoms with Crippen LogP contribution >= 0.6 is 0 Å². The number of rotatable bonds is 4. The zero-order valence-electron chi connectivity index (χ0n) is 11.5. The van der Waals surface area contributed by atoms with Crippen molar-refractivity contribution in [3.8, 4) is 0 Å². The van der Waals surface area contributed by atoms with Gasteiger partial charge >= 0.3 is 12.1 Å². The molecule has 3 aromatic rings. The molecule has 22 heavy (non-hydrogen) atoms. The summed E-state index contributed by atoms with van der Waals surface area (Å²) >= 11 is 0. The molecule has 0 aliphatic rings. The van der Waals surface area contributed by atoms with E-state index in [1.807, 2.05) is 6.07 Å². The number of carbonyl (C=O) groups is 1. The van der Waals surface area contributed by atoms with Gasteiger partial charge in [-0.05, 0) is 6.07 Å². The second-order valence-electron chi connectivity index (χ2n) is 4.20. The number of nitrogens with one attached hydrogen (secondary N) is 2. The van der Waals surface area contributed by atoms with Gasteiger partial charge in [-0.15, -0.1) is 0 Å². The Kier molecular flexibility index (Phi) is 3.48. The average molecular weight is 304 g/mol. The van der Waals surface area contributed by atoms with Crippen LogP contribution in [-0.2, 0) is 11.3 Å². The fraction of sp³-hybridized carbons (Fsp3) is 0.167. The molecule has 0 spiro atoms. The highest BCUT2D eigenvalue weighted by atomic mass is 16.5. The molecule has 3 rings (SSSR count). The lowest BCUT2D eigenvalue weighted by atomic mass is 10.3. The molecule has 10 nitrogen and oxygen atoms in total. The highest BCUT2D eigenvalue weighted by molar-refractivity contribution is 5.87. The number of nitrogens with two attached hydrogens (primary N) is 1. The van der Waals surface area contributed by atoms with E-state index in [1.54, 1.807) is 12.5 Å². The molecule has 0 aliphatic carbocycles. The van der Waals surface area contributed by atoms with Crippen LogP contribution in [0.25, 0.3) is 11.2 Å². The Morgan fingerprint density at radius 1 is 1.41 bits per heavy atom. The number of amides is 1. The third-order valence-electron chi connectivity index (χ3n) is 2.71. The van der Waals surface area contributed by atoms with E-state index >= 15 is 0 Å². The molecule has 0 saturated heterocycles. The van der Waals surface area contributed by atoms with Crippen molar-refractivity contribution >= 4 is 35.1 Å². The summed E-state index contributed by atoms with van der Waals surface area (Å²) in [7, 11) is 1.23. The number of furan rings is 1.